The van der Waals surface area contributed by atoms with Crippen molar-refractivity contribution >= 4 is 11.9 Å². The number of rotatable bonds is 8. The Morgan fingerprint density at radius 2 is 1.75 bits per heavy atom. The number of esters is 1. The zero-order valence-corrected chi connectivity index (χ0v) is 16.2. The van der Waals surface area contributed by atoms with Crippen LogP contribution >= 0.6 is 0 Å². The van der Waals surface area contributed by atoms with Crippen molar-refractivity contribution in [2.45, 2.75) is 25.7 Å². The standard InChI is InChI=1S/C22H25NO5/c1-26-19-9-6-15(12-20(19)27-2)10-11-23-21(24)14-28-22(25)18-8-7-16-4-3-5-17(16)13-18/h6-9,12-13H,3-5,10-11,14H2,1-2H3,(H,23,24). The SMILES string of the molecule is COc1ccc(CCNC(=O)COC(=O)c2ccc3c(c2)CCC3)cc1OC. The number of methoxy groups -OCH3 is 2. The molecule has 3 rings (SSSR count). The Balaban J connectivity index is 1.43. The van der Waals surface area contributed by atoms with Crippen LogP contribution in [0.1, 0.15) is 33.5 Å². The number of aryl methyl sites for hydroxylation is 2. The number of benzene rings is 2. The third-order valence-corrected chi connectivity index (χ3v) is 4.85. The molecular weight excluding hydrogens is 358 g/mol. The molecule has 0 saturated carbocycles. The molecule has 6 heteroatoms. The molecule has 0 fully saturated rings. The van der Waals surface area contributed by atoms with Crippen LogP contribution < -0.4 is 14.8 Å². The summed E-state index contributed by atoms with van der Waals surface area (Å²) in [5.74, 6) is 0.517. The topological polar surface area (TPSA) is 73.9 Å². The Bertz CT molecular complexity index is 862. The van der Waals surface area contributed by atoms with Gasteiger partial charge in [-0.25, -0.2) is 4.79 Å². The normalized spacial score (nSPS) is 12.2. The van der Waals surface area contributed by atoms with Gasteiger partial charge in [0, 0.05) is 6.54 Å². The van der Waals surface area contributed by atoms with E-state index < -0.39 is 5.97 Å². The molecule has 0 bridgehead atoms. The van der Waals surface area contributed by atoms with Gasteiger partial charge in [0.15, 0.2) is 18.1 Å². The molecule has 148 valence electrons. The lowest BCUT2D eigenvalue weighted by molar-refractivity contribution is -0.124. The Kier molecular flexibility index (Phi) is 6.53. The van der Waals surface area contributed by atoms with E-state index in [9.17, 15) is 9.59 Å². The van der Waals surface area contributed by atoms with Crippen molar-refractivity contribution in [2.75, 3.05) is 27.4 Å². The van der Waals surface area contributed by atoms with Gasteiger partial charge in [0.2, 0.25) is 0 Å². The van der Waals surface area contributed by atoms with Crippen molar-refractivity contribution in [3.63, 3.8) is 0 Å². The fourth-order valence-corrected chi connectivity index (χ4v) is 3.35. The third kappa shape index (κ3) is 4.82. The van der Waals surface area contributed by atoms with Gasteiger partial charge in [0.05, 0.1) is 19.8 Å². The van der Waals surface area contributed by atoms with E-state index in [4.69, 9.17) is 14.2 Å². The van der Waals surface area contributed by atoms with Gasteiger partial charge >= 0.3 is 5.97 Å². The van der Waals surface area contributed by atoms with Crippen molar-refractivity contribution in [3.05, 3.63) is 58.7 Å². The third-order valence-electron chi connectivity index (χ3n) is 4.85. The van der Waals surface area contributed by atoms with Crippen molar-refractivity contribution < 1.29 is 23.8 Å². The predicted octanol–water partition coefficient (Wildman–Crippen LogP) is 2.71. The highest BCUT2D eigenvalue weighted by atomic mass is 16.5. The number of ether oxygens (including phenoxy) is 3. The highest BCUT2D eigenvalue weighted by Crippen LogP contribution is 2.27. The van der Waals surface area contributed by atoms with Crippen molar-refractivity contribution in [1.82, 2.24) is 5.32 Å². The summed E-state index contributed by atoms with van der Waals surface area (Å²) in [5.41, 5.74) is 4.00. The van der Waals surface area contributed by atoms with E-state index in [-0.39, 0.29) is 12.5 Å². The first-order valence-electron chi connectivity index (χ1n) is 9.37. The Morgan fingerprint density at radius 3 is 2.54 bits per heavy atom. The molecule has 1 amide bonds. The average molecular weight is 383 g/mol. The number of hydrogen-bond donors (Lipinski definition) is 1. The van der Waals surface area contributed by atoms with Gasteiger partial charge in [-0.05, 0) is 66.6 Å². The fourth-order valence-electron chi connectivity index (χ4n) is 3.35. The molecule has 2 aromatic rings. The first-order chi connectivity index (χ1) is 13.6. The lowest BCUT2D eigenvalue weighted by atomic mass is 10.1. The minimum atomic E-state index is -0.468. The quantitative estimate of drug-likeness (QED) is 0.710. The molecule has 0 aliphatic heterocycles. The second-order valence-corrected chi connectivity index (χ2v) is 6.70. The molecule has 0 heterocycles. The molecule has 28 heavy (non-hydrogen) atoms. The van der Waals surface area contributed by atoms with Crippen LogP contribution in [0.3, 0.4) is 0 Å². The summed E-state index contributed by atoms with van der Waals surface area (Å²) in [6.07, 6.45) is 3.81. The van der Waals surface area contributed by atoms with Gasteiger partial charge < -0.3 is 19.5 Å². The van der Waals surface area contributed by atoms with Crippen molar-refractivity contribution in [3.8, 4) is 11.5 Å². The predicted molar refractivity (Wildman–Crippen MR) is 105 cm³/mol. The van der Waals surface area contributed by atoms with Gasteiger partial charge in [0.25, 0.3) is 5.91 Å². The smallest absolute Gasteiger partial charge is 0.338 e. The Hall–Kier alpha value is -3.02. The van der Waals surface area contributed by atoms with E-state index in [1.54, 1.807) is 20.3 Å². The molecule has 0 atom stereocenters. The molecule has 0 unspecified atom stereocenters. The summed E-state index contributed by atoms with van der Waals surface area (Å²) in [6, 6.07) is 11.2. The van der Waals surface area contributed by atoms with E-state index in [1.165, 1.54) is 11.1 Å². The van der Waals surface area contributed by atoms with E-state index in [0.29, 0.717) is 30.0 Å². The second kappa shape index (κ2) is 9.26. The largest absolute Gasteiger partial charge is 0.493 e. The van der Waals surface area contributed by atoms with Crippen LogP contribution in [0, 0.1) is 0 Å². The van der Waals surface area contributed by atoms with E-state index >= 15 is 0 Å². The summed E-state index contributed by atoms with van der Waals surface area (Å²) in [4.78, 5) is 24.1. The summed E-state index contributed by atoms with van der Waals surface area (Å²) in [7, 11) is 3.17. The van der Waals surface area contributed by atoms with Gasteiger partial charge in [0.1, 0.15) is 0 Å². The molecule has 1 aliphatic rings. The molecule has 1 aliphatic carbocycles. The zero-order chi connectivity index (χ0) is 19.9. The highest BCUT2D eigenvalue weighted by molar-refractivity contribution is 5.91. The van der Waals surface area contributed by atoms with Gasteiger partial charge in [-0.1, -0.05) is 12.1 Å². The van der Waals surface area contributed by atoms with Crippen LogP contribution in [0.15, 0.2) is 36.4 Å². The summed E-state index contributed by atoms with van der Waals surface area (Å²) in [6.45, 7) is 0.145. The minimum Gasteiger partial charge on any atom is -0.493 e. The number of carbonyl (C=O) groups is 2. The molecule has 1 N–H and O–H groups in total. The van der Waals surface area contributed by atoms with Crippen LogP contribution in [0.25, 0.3) is 0 Å². The van der Waals surface area contributed by atoms with E-state index in [0.717, 1.165) is 24.8 Å². The number of amides is 1. The molecule has 0 spiro atoms. The van der Waals surface area contributed by atoms with Crippen molar-refractivity contribution in [1.29, 1.82) is 0 Å². The monoisotopic (exact) mass is 383 g/mol. The van der Waals surface area contributed by atoms with Crippen LogP contribution in [0.4, 0.5) is 0 Å². The molecular formula is C22H25NO5. The number of fused-ring (bicyclic) bond motifs is 1. The van der Waals surface area contributed by atoms with Crippen LogP contribution in [0.2, 0.25) is 0 Å². The zero-order valence-electron chi connectivity index (χ0n) is 16.2. The molecule has 0 radical (unpaired) electrons. The lowest BCUT2D eigenvalue weighted by Crippen LogP contribution is -2.30. The summed E-state index contributed by atoms with van der Waals surface area (Å²) < 4.78 is 15.6. The first kappa shape index (κ1) is 19.7. The maximum atomic E-state index is 12.1. The highest BCUT2D eigenvalue weighted by Gasteiger charge is 2.15. The number of carbonyl (C=O) groups excluding carboxylic acids is 2. The Labute approximate surface area is 164 Å². The fraction of sp³-hybridized carbons (Fsp3) is 0.364. The van der Waals surface area contributed by atoms with Crippen LogP contribution in [-0.4, -0.2) is 39.2 Å². The van der Waals surface area contributed by atoms with Gasteiger partial charge in [-0.15, -0.1) is 0 Å². The second-order valence-electron chi connectivity index (χ2n) is 6.70. The molecule has 6 nitrogen and oxygen atoms in total. The van der Waals surface area contributed by atoms with Gasteiger partial charge in [-0.2, -0.15) is 0 Å². The summed E-state index contributed by atoms with van der Waals surface area (Å²) >= 11 is 0. The van der Waals surface area contributed by atoms with Gasteiger partial charge in [-0.3, -0.25) is 4.79 Å². The van der Waals surface area contributed by atoms with E-state index in [2.05, 4.69) is 5.32 Å². The molecule has 2 aromatic carbocycles. The van der Waals surface area contributed by atoms with Crippen LogP contribution in [0.5, 0.6) is 11.5 Å². The first-order valence-corrected chi connectivity index (χ1v) is 9.37. The van der Waals surface area contributed by atoms with Crippen LogP contribution in [-0.2, 0) is 28.8 Å². The average Bonchev–Trinajstić information content (AvgIpc) is 3.19. The Morgan fingerprint density at radius 1 is 0.964 bits per heavy atom. The molecule has 0 saturated heterocycles. The van der Waals surface area contributed by atoms with E-state index in [1.807, 2.05) is 30.3 Å². The number of hydrogen-bond acceptors (Lipinski definition) is 5. The summed E-state index contributed by atoms with van der Waals surface area (Å²) in [5, 5.41) is 2.76. The minimum absolute atomic E-state index is 0.290. The van der Waals surface area contributed by atoms with Crippen molar-refractivity contribution in [2.24, 2.45) is 0 Å². The molecule has 0 aromatic heterocycles. The lowest BCUT2D eigenvalue weighted by Gasteiger charge is -2.10. The maximum Gasteiger partial charge on any atom is 0.338 e. The number of nitrogens with one attached hydrogen (secondary N) is 1. The maximum absolute atomic E-state index is 12.1.